The van der Waals surface area contributed by atoms with Crippen molar-refractivity contribution in [1.82, 2.24) is 15.5 Å². The Kier molecular flexibility index (Phi) is 12.4. The Bertz CT molecular complexity index is 1050. The molecule has 2 aliphatic rings. The maximum atomic E-state index is 13.4. The molecule has 0 bridgehead atoms. The predicted molar refractivity (Wildman–Crippen MR) is 148 cm³/mol. The Morgan fingerprint density at radius 1 is 1.02 bits per heavy atom. The normalized spacial score (nSPS) is 21.2. The first-order valence-corrected chi connectivity index (χ1v) is 14.4. The van der Waals surface area contributed by atoms with Crippen LogP contribution >= 0.6 is 0 Å². The number of carboxylic acids is 1. The maximum Gasteiger partial charge on any atom is 0.408 e. The number of nitrogens with two attached hydrogens (primary N) is 1. The van der Waals surface area contributed by atoms with E-state index < -0.39 is 42.1 Å². The van der Waals surface area contributed by atoms with Crippen LogP contribution in [0, 0.1) is 5.92 Å². The quantitative estimate of drug-likeness (QED) is 0.242. The molecule has 1 aromatic carbocycles. The average Bonchev–Trinajstić information content (AvgIpc) is 3.36. The molecular formula is C29H42N4O8. The van der Waals surface area contributed by atoms with Gasteiger partial charge in [-0.3, -0.25) is 9.59 Å². The summed E-state index contributed by atoms with van der Waals surface area (Å²) in [6, 6.07) is 5.81. The lowest BCUT2D eigenvalue weighted by molar-refractivity contribution is -0.154. The number of esters is 1. The molecule has 226 valence electrons. The van der Waals surface area contributed by atoms with Crippen LogP contribution in [-0.2, 0) is 35.3 Å². The largest absolute Gasteiger partial charge is 0.480 e. The van der Waals surface area contributed by atoms with Gasteiger partial charge in [0.25, 0.3) is 0 Å². The molecule has 0 unspecified atom stereocenters. The summed E-state index contributed by atoms with van der Waals surface area (Å²) in [5.74, 6) is -2.58. The molecule has 0 aromatic heterocycles. The van der Waals surface area contributed by atoms with E-state index in [2.05, 4.69) is 10.6 Å². The molecule has 1 saturated carbocycles. The third-order valence-corrected chi connectivity index (χ3v) is 7.71. The van der Waals surface area contributed by atoms with Crippen molar-refractivity contribution < 1.29 is 38.6 Å². The van der Waals surface area contributed by atoms with Gasteiger partial charge in [0.2, 0.25) is 11.8 Å². The third kappa shape index (κ3) is 9.17. The van der Waals surface area contributed by atoms with Crippen molar-refractivity contribution in [1.29, 1.82) is 0 Å². The number of alkyl carbamates (subject to hydrolysis) is 1. The summed E-state index contributed by atoms with van der Waals surface area (Å²) < 4.78 is 10.4. The second kappa shape index (κ2) is 15.9. The summed E-state index contributed by atoms with van der Waals surface area (Å²) in [7, 11) is 0. The number of carbonyl (C=O) groups excluding carboxylic acids is 4. The standard InChI is InChI=1S/C29H42N4O8/c1-2-40-28(38)24-17-20-11-6-7-13-23(20)33(24)25(34)15-14-22(27(36)37)31-26(35)21(12-8-16-30)32-29(39)41-18-19-9-4-3-5-10-19/h3-5,9-10,20-24H,2,6-8,11-18,30H2,1H3,(H,31,35)(H,32,39)(H,36,37)/t20-,21-,22+,23-,24-/m0/s1. The summed E-state index contributed by atoms with van der Waals surface area (Å²) in [6.45, 7) is 2.19. The van der Waals surface area contributed by atoms with Crippen LogP contribution in [-0.4, -0.2) is 77.2 Å². The monoisotopic (exact) mass is 574 g/mol. The summed E-state index contributed by atoms with van der Waals surface area (Å²) >= 11 is 0. The fourth-order valence-electron chi connectivity index (χ4n) is 5.69. The van der Waals surface area contributed by atoms with E-state index in [0.29, 0.717) is 12.8 Å². The molecule has 0 spiro atoms. The van der Waals surface area contributed by atoms with E-state index in [4.69, 9.17) is 15.2 Å². The molecule has 1 aromatic rings. The van der Waals surface area contributed by atoms with Crippen molar-refractivity contribution in [2.45, 2.75) is 95.5 Å². The van der Waals surface area contributed by atoms with Gasteiger partial charge in [0.1, 0.15) is 24.7 Å². The Labute approximate surface area is 240 Å². The van der Waals surface area contributed by atoms with Crippen LogP contribution in [0.5, 0.6) is 0 Å². The summed E-state index contributed by atoms with van der Waals surface area (Å²) in [5.41, 5.74) is 6.35. The van der Waals surface area contributed by atoms with Crippen LogP contribution in [0.25, 0.3) is 0 Å². The number of rotatable bonds is 14. The van der Waals surface area contributed by atoms with Crippen LogP contribution in [0.15, 0.2) is 30.3 Å². The van der Waals surface area contributed by atoms with Gasteiger partial charge in [-0.2, -0.15) is 0 Å². The molecule has 12 heteroatoms. The van der Waals surface area contributed by atoms with Gasteiger partial charge in [0.15, 0.2) is 0 Å². The fourth-order valence-corrected chi connectivity index (χ4v) is 5.69. The van der Waals surface area contributed by atoms with Crippen LogP contribution in [0.2, 0.25) is 0 Å². The lowest BCUT2D eigenvalue weighted by Gasteiger charge is -2.33. The second-order valence-electron chi connectivity index (χ2n) is 10.5. The highest BCUT2D eigenvalue weighted by atomic mass is 16.5. The Balaban J connectivity index is 1.60. The second-order valence-corrected chi connectivity index (χ2v) is 10.5. The molecular weight excluding hydrogens is 532 g/mol. The number of aliphatic carboxylic acids is 1. The van der Waals surface area contributed by atoms with Crippen molar-refractivity contribution in [3.8, 4) is 0 Å². The number of ether oxygens (including phenoxy) is 2. The number of nitrogens with one attached hydrogen (secondary N) is 2. The summed E-state index contributed by atoms with van der Waals surface area (Å²) in [4.78, 5) is 65.0. The molecule has 2 fully saturated rings. The number of likely N-dealkylation sites (tertiary alicyclic amines) is 1. The van der Waals surface area contributed by atoms with Gasteiger partial charge in [-0.15, -0.1) is 0 Å². The van der Waals surface area contributed by atoms with Gasteiger partial charge in [0, 0.05) is 12.5 Å². The Hall–Kier alpha value is -3.67. The zero-order valence-electron chi connectivity index (χ0n) is 23.6. The van der Waals surface area contributed by atoms with E-state index in [1.807, 2.05) is 6.07 Å². The van der Waals surface area contributed by atoms with Crippen LogP contribution < -0.4 is 16.4 Å². The van der Waals surface area contributed by atoms with Crippen LogP contribution in [0.1, 0.15) is 70.3 Å². The molecule has 41 heavy (non-hydrogen) atoms. The van der Waals surface area contributed by atoms with Crippen molar-refractivity contribution in [2.75, 3.05) is 13.2 Å². The molecule has 1 aliphatic heterocycles. The number of amides is 3. The number of hydrogen-bond donors (Lipinski definition) is 4. The van der Waals surface area contributed by atoms with E-state index in [1.54, 1.807) is 36.1 Å². The first kappa shape index (κ1) is 31.9. The molecule has 0 radical (unpaired) electrons. The Morgan fingerprint density at radius 3 is 2.44 bits per heavy atom. The minimum atomic E-state index is -1.38. The van der Waals surface area contributed by atoms with Gasteiger partial charge < -0.3 is 35.8 Å². The molecule has 1 heterocycles. The van der Waals surface area contributed by atoms with Gasteiger partial charge in [-0.1, -0.05) is 43.2 Å². The zero-order valence-corrected chi connectivity index (χ0v) is 23.6. The van der Waals surface area contributed by atoms with Crippen molar-refractivity contribution in [3.63, 3.8) is 0 Å². The minimum Gasteiger partial charge on any atom is -0.480 e. The maximum absolute atomic E-state index is 13.4. The number of fused-ring (bicyclic) bond motifs is 1. The Morgan fingerprint density at radius 2 is 1.76 bits per heavy atom. The number of benzene rings is 1. The van der Waals surface area contributed by atoms with Gasteiger partial charge in [0.05, 0.1) is 6.61 Å². The SMILES string of the molecule is CCOC(=O)[C@@H]1C[C@@H]2CCCC[C@@H]2N1C(=O)CC[C@@H](NC(=O)[C@H](CCCN)NC(=O)OCc1ccccc1)C(=O)O. The minimum absolute atomic E-state index is 0.00288. The van der Waals surface area contributed by atoms with E-state index in [1.165, 1.54) is 0 Å². The number of carboxylic acid groups (broad SMARTS) is 1. The zero-order chi connectivity index (χ0) is 29.8. The van der Waals surface area contributed by atoms with Gasteiger partial charge >= 0.3 is 18.0 Å². The topological polar surface area (TPSA) is 177 Å². The van der Waals surface area contributed by atoms with Crippen LogP contribution in [0.4, 0.5) is 4.79 Å². The summed E-state index contributed by atoms with van der Waals surface area (Å²) in [5, 5.41) is 14.7. The predicted octanol–water partition coefficient (Wildman–Crippen LogP) is 2.09. The smallest absolute Gasteiger partial charge is 0.408 e. The van der Waals surface area contributed by atoms with Crippen molar-refractivity contribution in [2.24, 2.45) is 11.7 Å². The highest BCUT2D eigenvalue weighted by molar-refractivity contribution is 5.90. The lowest BCUT2D eigenvalue weighted by atomic mass is 9.84. The highest BCUT2D eigenvalue weighted by Gasteiger charge is 2.48. The molecule has 12 nitrogen and oxygen atoms in total. The first-order valence-electron chi connectivity index (χ1n) is 14.4. The van der Waals surface area contributed by atoms with Gasteiger partial charge in [-0.25, -0.2) is 14.4 Å². The summed E-state index contributed by atoms with van der Waals surface area (Å²) in [6.07, 6.45) is 3.68. The van der Waals surface area contributed by atoms with Crippen LogP contribution in [0.3, 0.4) is 0 Å². The number of nitrogens with zero attached hydrogens (tertiary/aromatic N) is 1. The molecule has 3 amide bonds. The highest BCUT2D eigenvalue weighted by Crippen LogP contribution is 2.40. The van der Waals surface area contributed by atoms with Crippen molar-refractivity contribution in [3.05, 3.63) is 35.9 Å². The molecule has 3 rings (SSSR count). The molecule has 1 saturated heterocycles. The van der Waals surface area contributed by atoms with E-state index in [9.17, 15) is 29.1 Å². The number of carbonyl (C=O) groups is 5. The van der Waals surface area contributed by atoms with E-state index in [0.717, 1.165) is 31.2 Å². The molecule has 5 atom stereocenters. The first-order chi connectivity index (χ1) is 19.7. The third-order valence-electron chi connectivity index (χ3n) is 7.71. The average molecular weight is 575 g/mol. The molecule has 5 N–H and O–H groups in total. The lowest BCUT2D eigenvalue weighted by Crippen LogP contribution is -2.52. The number of hydrogen-bond acceptors (Lipinski definition) is 8. The van der Waals surface area contributed by atoms with Gasteiger partial charge in [-0.05, 0) is 63.5 Å². The molecule has 1 aliphatic carbocycles. The fraction of sp³-hybridized carbons (Fsp3) is 0.621. The van der Waals surface area contributed by atoms with E-state index >= 15 is 0 Å². The van der Waals surface area contributed by atoms with E-state index in [-0.39, 0.29) is 56.9 Å². The van der Waals surface area contributed by atoms with Crippen molar-refractivity contribution >= 4 is 29.8 Å².